The summed E-state index contributed by atoms with van der Waals surface area (Å²) < 4.78 is 5.63. The van der Waals surface area contributed by atoms with Crippen LogP contribution in [0.3, 0.4) is 0 Å². The molecule has 5 aliphatic rings. The number of pyridine rings is 1. The molecule has 10 heteroatoms. The van der Waals surface area contributed by atoms with Crippen LogP contribution in [0.25, 0.3) is 10.8 Å². The Morgan fingerprint density at radius 3 is 2.47 bits per heavy atom. The topological polar surface area (TPSA) is 124 Å². The molecular weight excluding hydrogens is 594 g/mol. The summed E-state index contributed by atoms with van der Waals surface area (Å²) in [6, 6.07) is 18.1. The average molecular weight is 634 g/mol. The van der Waals surface area contributed by atoms with Gasteiger partial charge in [0.2, 0.25) is 11.8 Å². The largest absolute Gasteiger partial charge is 0.449 e. The summed E-state index contributed by atoms with van der Waals surface area (Å²) in [7, 11) is 1.75. The first-order chi connectivity index (χ1) is 22.7. The highest BCUT2D eigenvalue weighted by Crippen LogP contribution is 2.41. The first-order valence-electron chi connectivity index (χ1n) is 16.3. The highest BCUT2D eigenvalue weighted by atomic mass is 16.5. The number of rotatable bonds is 3. The van der Waals surface area contributed by atoms with E-state index < -0.39 is 12.1 Å². The number of likely N-dealkylation sites (N-methyl/N-ethyl adjacent to an activating group) is 1. The minimum atomic E-state index is -0.772. The Morgan fingerprint density at radius 1 is 0.894 bits per heavy atom. The number of nitrogens with zero attached hydrogens (tertiary/aromatic N) is 2. The van der Waals surface area contributed by atoms with Crippen LogP contribution in [0.15, 0.2) is 71.7 Å². The lowest BCUT2D eigenvalue weighted by molar-refractivity contribution is -0.131. The van der Waals surface area contributed by atoms with Crippen LogP contribution >= 0.6 is 0 Å². The predicted octanol–water partition coefficient (Wildman–Crippen LogP) is 6.22. The van der Waals surface area contributed by atoms with Gasteiger partial charge in [0.15, 0.2) is 0 Å². The predicted molar refractivity (Wildman–Crippen MR) is 182 cm³/mol. The van der Waals surface area contributed by atoms with E-state index in [0.29, 0.717) is 16.8 Å². The van der Waals surface area contributed by atoms with Gasteiger partial charge in [-0.25, -0.2) is 4.79 Å². The number of hydrogen-bond acceptors (Lipinski definition) is 6. The summed E-state index contributed by atoms with van der Waals surface area (Å²) in [5, 5.41) is 7.60. The molecule has 1 aliphatic carbocycles. The van der Waals surface area contributed by atoms with E-state index in [0.717, 1.165) is 59.0 Å². The number of aromatic nitrogens is 1. The first-order valence-corrected chi connectivity index (χ1v) is 16.3. The van der Waals surface area contributed by atoms with Crippen LogP contribution in [0, 0.1) is 12.8 Å². The Bertz CT molecular complexity index is 1950. The van der Waals surface area contributed by atoms with Crippen molar-refractivity contribution in [2.45, 2.75) is 64.1 Å². The normalized spacial score (nSPS) is 23.2. The van der Waals surface area contributed by atoms with Crippen molar-refractivity contribution in [1.82, 2.24) is 9.88 Å². The van der Waals surface area contributed by atoms with E-state index in [1.165, 1.54) is 0 Å². The van der Waals surface area contributed by atoms with Gasteiger partial charge in [-0.3, -0.25) is 19.7 Å². The zero-order chi connectivity index (χ0) is 32.8. The molecule has 6 bridgehead atoms. The van der Waals surface area contributed by atoms with Gasteiger partial charge in [-0.2, -0.15) is 0 Å². The standard InChI is InChI=1S/C37H39N5O5/c1-21-16-25-7-12-30(21)22(2)20-47-37(46)40-27-9-13-32(42-29-10-5-24(6-11-29)35(42)44)26(17-27)19-41(3)36(45)33(25)39-28-8-4-23-14-15-38-34(43)31(23)18-28/h4,7-9,12-18,22,24,29,33,39H,5-6,10-11,19-20H2,1-3H3,(H,38,43)(H,40,46)/t22-,24?,29?,33+/m0/s1. The number of ether oxygens (including phenoxy) is 1. The van der Waals surface area contributed by atoms with E-state index in [4.69, 9.17) is 4.74 Å². The maximum absolute atomic E-state index is 14.5. The van der Waals surface area contributed by atoms with Crippen LogP contribution in [0.5, 0.6) is 0 Å². The molecule has 3 fully saturated rings. The van der Waals surface area contributed by atoms with Crippen molar-refractivity contribution in [3.63, 3.8) is 0 Å². The molecule has 47 heavy (non-hydrogen) atoms. The highest BCUT2D eigenvalue weighted by molar-refractivity contribution is 5.98. The number of benzene rings is 3. The monoisotopic (exact) mass is 633 g/mol. The summed E-state index contributed by atoms with van der Waals surface area (Å²) in [5.41, 5.74) is 5.22. The lowest BCUT2D eigenvalue weighted by Crippen LogP contribution is -2.53. The second-order valence-corrected chi connectivity index (χ2v) is 13.2. The molecular formula is C37H39N5O5. The number of H-pyrrole nitrogens is 1. The Kier molecular flexibility index (Phi) is 7.95. The van der Waals surface area contributed by atoms with Crippen molar-refractivity contribution < 1.29 is 19.1 Å². The summed E-state index contributed by atoms with van der Waals surface area (Å²) in [5.74, 6) is -0.130. The van der Waals surface area contributed by atoms with Crippen molar-refractivity contribution in [3.8, 4) is 0 Å². The number of nitrogens with one attached hydrogen (secondary N) is 3. The van der Waals surface area contributed by atoms with Gasteiger partial charge in [0.1, 0.15) is 6.04 Å². The molecule has 1 aromatic heterocycles. The zero-order valence-corrected chi connectivity index (χ0v) is 26.8. The molecule has 5 heterocycles. The van der Waals surface area contributed by atoms with Crippen molar-refractivity contribution >= 4 is 45.7 Å². The number of piperidine rings is 2. The SMILES string of the molecule is Cc1cc2ccc1[C@@H](C)COC(=O)Nc1ccc(N3C(=O)C4CCC3CC4)c(c1)CN(C)C(=O)[C@@H]2Nc1ccc2cc[nH]c(=O)c2c1. The second kappa shape index (κ2) is 12.2. The summed E-state index contributed by atoms with van der Waals surface area (Å²) in [4.78, 5) is 59.7. The molecule has 4 aliphatic heterocycles. The van der Waals surface area contributed by atoms with Crippen molar-refractivity contribution in [1.29, 1.82) is 0 Å². The second-order valence-electron chi connectivity index (χ2n) is 13.2. The van der Waals surface area contributed by atoms with E-state index in [2.05, 4.69) is 15.6 Å². The number of carbonyl (C=O) groups is 3. The summed E-state index contributed by atoms with van der Waals surface area (Å²) in [6.07, 6.45) is 4.77. The van der Waals surface area contributed by atoms with Gasteiger partial charge in [-0.05, 0) is 96.6 Å². The molecule has 4 aromatic rings. The molecule has 242 valence electrons. The molecule has 3 amide bonds. The third-order valence-corrected chi connectivity index (χ3v) is 9.97. The quantitative estimate of drug-likeness (QED) is 0.246. The molecule has 9 rings (SSSR count). The fraction of sp³-hybridized carbons (Fsp3) is 0.351. The number of fused-ring (bicyclic) bond motifs is 13. The lowest BCUT2D eigenvalue weighted by atomic mass is 9.78. The van der Waals surface area contributed by atoms with E-state index in [1.54, 1.807) is 30.3 Å². The van der Waals surface area contributed by atoms with Crippen LogP contribution < -0.4 is 21.1 Å². The van der Waals surface area contributed by atoms with Crippen LogP contribution in [0.4, 0.5) is 21.9 Å². The molecule has 0 radical (unpaired) electrons. The van der Waals surface area contributed by atoms with E-state index >= 15 is 0 Å². The van der Waals surface area contributed by atoms with Gasteiger partial charge < -0.3 is 24.8 Å². The van der Waals surface area contributed by atoms with Crippen molar-refractivity contribution in [3.05, 3.63) is 99.5 Å². The third kappa shape index (κ3) is 5.84. The number of carbonyl (C=O) groups excluding carboxylic acids is 3. The summed E-state index contributed by atoms with van der Waals surface area (Å²) in [6.45, 7) is 4.36. The van der Waals surface area contributed by atoms with Gasteiger partial charge in [-0.1, -0.05) is 31.2 Å². The van der Waals surface area contributed by atoms with Crippen LogP contribution in [-0.4, -0.2) is 47.5 Å². The van der Waals surface area contributed by atoms with Crippen molar-refractivity contribution in [2.24, 2.45) is 5.92 Å². The number of amides is 3. The maximum atomic E-state index is 14.5. The van der Waals surface area contributed by atoms with Gasteiger partial charge in [0.05, 0.1) is 6.61 Å². The van der Waals surface area contributed by atoms with Gasteiger partial charge in [-0.15, -0.1) is 0 Å². The van der Waals surface area contributed by atoms with Gasteiger partial charge >= 0.3 is 6.09 Å². The van der Waals surface area contributed by atoms with Crippen LogP contribution in [0.1, 0.15) is 66.8 Å². The van der Waals surface area contributed by atoms with Crippen molar-refractivity contribution in [2.75, 3.05) is 29.2 Å². The lowest BCUT2D eigenvalue weighted by Gasteiger charge is -2.45. The molecule has 0 spiro atoms. The molecule has 2 saturated heterocycles. The van der Waals surface area contributed by atoms with E-state index in [1.807, 2.05) is 67.3 Å². The fourth-order valence-corrected chi connectivity index (χ4v) is 7.45. The average Bonchev–Trinajstić information content (AvgIpc) is 3.07. The van der Waals surface area contributed by atoms with Gasteiger partial charge in [0, 0.05) is 60.1 Å². The molecule has 10 nitrogen and oxygen atoms in total. The minimum absolute atomic E-state index is 0.0153. The number of aromatic amines is 1. The minimum Gasteiger partial charge on any atom is -0.449 e. The number of aryl methyl sites for hydroxylation is 1. The van der Waals surface area contributed by atoms with Gasteiger partial charge in [0.25, 0.3) is 5.56 Å². The van der Waals surface area contributed by atoms with Crippen LogP contribution in [-0.2, 0) is 20.9 Å². The smallest absolute Gasteiger partial charge is 0.411 e. The van der Waals surface area contributed by atoms with E-state index in [9.17, 15) is 19.2 Å². The molecule has 3 aromatic carbocycles. The van der Waals surface area contributed by atoms with Crippen LogP contribution in [0.2, 0.25) is 0 Å². The Balaban J connectivity index is 1.30. The zero-order valence-electron chi connectivity index (χ0n) is 26.8. The molecule has 3 N–H and O–H groups in total. The first kappa shape index (κ1) is 30.5. The maximum Gasteiger partial charge on any atom is 0.411 e. The van der Waals surface area contributed by atoms with E-state index in [-0.39, 0.29) is 48.4 Å². The molecule has 0 unspecified atom stereocenters. The molecule has 1 saturated carbocycles. The highest BCUT2D eigenvalue weighted by Gasteiger charge is 2.42. The summed E-state index contributed by atoms with van der Waals surface area (Å²) >= 11 is 0. The number of hydrogen-bond donors (Lipinski definition) is 3. The Morgan fingerprint density at radius 2 is 1.70 bits per heavy atom. The fourth-order valence-electron chi connectivity index (χ4n) is 7.45. The Hall–Kier alpha value is -5.12. The number of anilines is 3. The Labute approximate surface area is 273 Å². The molecule has 2 atom stereocenters. The third-order valence-electron chi connectivity index (χ3n) is 9.97.